The predicted octanol–water partition coefficient (Wildman–Crippen LogP) is 2.55. The molecule has 0 aromatic heterocycles. The summed E-state index contributed by atoms with van der Waals surface area (Å²) >= 11 is 12.0. The number of aliphatic hydroxyl groups excluding tert-OH is 1. The van der Waals surface area contributed by atoms with Gasteiger partial charge in [0.25, 0.3) is 0 Å². The summed E-state index contributed by atoms with van der Waals surface area (Å²) in [4.78, 5) is 2.19. The molecule has 6 heteroatoms. The minimum absolute atomic E-state index is 0.0694. The van der Waals surface area contributed by atoms with Gasteiger partial charge < -0.3 is 20.5 Å². The Balaban J connectivity index is 1.99. The van der Waals surface area contributed by atoms with E-state index in [0.29, 0.717) is 22.3 Å². The summed E-state index contributed by atoms with van der Waals surface area (Å²) in [6, 6.07) is 3.50. The quantitative estimate of drug-likeness (QED) is 0.839. The summed E-state index contributed by atoms with van der Waals surface area (Å²) in [7, 11) is 0. The van der Waals surface area contributed by atoms with Gasteiger partial charge in [0.1, 0.15) is 0 Å². The molecule has 1 aromatic rings. The van der Waals surface area contributed by atoms with Gasteiger partial charge in [-0.05, 0) is 25.0 Å². The van der Waals surface area contributed by atoms with E-state index in [1.807, 2.05) is 6.07 Å². The zero-order chi connectivity index (χ0) is 13.8. The fourth-order valence-corrected chi connectivity index (χ4v) is 2.64. The van der Waals surface area contributed by atoms with Crippen molar-refractivity contribution < 1.29 is 9.84 Å². The number of ether oxygens (including phenoxy) is 1. The molecule has 1 aliphatic rings. The minimum Gasteiger partial charge on any atom is -0.397 e. The molecule has 2 rings (SSSR count). The molecule has 0 bridgehead atoms. The molecule has 3 N–H and O–H groups in total. The molecular formula is C13H18Cl2N2O2. The van der Waals surface area contributed by atoms with Gasteiger partial charge in [-0.25, -0.2) is 0 Å². The van der Waals surface area contributed by atoms with E-state index in [2.05, 4.69) is 4.90 Å². The van der Waals surface area contributed by atoms with Gasteiger partial charge in [-0.1, -0.05) is 23.2 Å². The van der Waals surface area contributed by atoms with E-state index in [4.69, 9.17) is 38.8 Å². The normalized spacial score (nSPS) is 16.9. The number of benzene rings is 1. The summed E-state index contributed by atoms with van der Waals surface area (Å²) in [5, 5.41) is 9.73. The number of rotatable bonds is 4. The van der Waals surface area contributed by atoms with Crippen LogP contribution in [0.3, 0.4) is 0 Å². The highest BCUT2D eigenvalue weighted by Crippen LogP contribution is 2.34. The van der Waals surface area contributed by atoms with Crippen LogP contribution in [0.1, 0.15) is 12.8 Å². The Morgan fingerprint density at radius 2 is 1.89 bits per heavy atom. The number of hydrogen-bond acceptors (Lipinski definition) is 4. The van der Waals surface area contributed by atoms with Crippen molar-refractivity contribution in [3.05, 3.63) is 22.2 Å². The van der Waals surface area contributed by atoms with E-state index in [1.54, 1.807) is 6.07 Å². The number of aliphatic hydroxyl groups is 1. The third kappa shape index (κ3) is 3.66. The first kappa shape index (κ1) is 14.7. The second kappa shape index (κ2) is 6.66. The van der Waals surface area contributed by atoms with E-state index in [-0.39, 0.29) is 12.7 Å². The highest BCUT2D eigenvalue weighted by atomic mass is 35.5. The third-order valence-electron chi connectivity index (χ3n) is 3.30. The van der Waals surface area contributed by atoms with Crippen molar-refractivity contribution in [2.45, 2.75) is 18.9 Å². The topological polar surface area (TPSA) is 58.7 Å². The van der Waals surface area contributed by atoms with Crippen LogP contribution in [0.5, 0.6) is 0 Å². The van der Waals surface area contributed by atoms with Crippen molar-refractivity contribution in [1.29, 1.82) is 0 Å². The van der Waals surface area contributed by atoms with Gasteiger partial charge in [0.2, 0.25) is 0 Å². The largest absolute Gasteiger partial charge is 0.397 e. The maximum atomic E-state index is 8.74. The lowest BCUT2D eigenvalue weighted by Crippen LogP contribution is -2.37. The molecule has 0 unspecified atom stereocenters. The first-order valence-corrected chi connectivity index (χ1v) is 7.09. The summed E-state index contributed by atoms with van der Waals surface area (Å²) in [6.45, 7) is 2.19. The molecule has 0 radical (unpaired) electrons. The molecule has 0 atom stereocenters. The van der Waals surface area contributed by atoms with E-state index in [0.717, 1.165) is 31.6 Å². The smallest absolute Gasteiger partial charge is 0.0701 e. The van der Waals surface area contributed by atoms with Crippen molar-refractivity contribution in [2.24, 2.45) is 0 Å². The molecule has 4 nitrogen and oxygen atoms in total. The van der Waals surface area contributed by atoms with E-state index in [9.17, 15) is 0 Å². The average molecular weight is 305 g/mol. The third-order valence-corrected chi connectivity index (χ3v) is 4.02. The zero-order valence-corrected chi connectivity index (χ0v) is 12.1. The first-order valence-electron chi connectivity index (χ1n) is 6.33. The van der Waals surface area contributed by atoms with Gasteiger partial charge in [0.05, 0.1) is 40.7 Å². The lowest BCUT2D eigenvalue weighted by atomic mass is 10.1. The molecule has 1 aromatic carbocycles. The standard InChI is InChI=1S/C13H18Cl2N2O2/c14-10-7-12(16)13(8-11(10)15)17-3-1-9(2-4-17)19-6-5-18/h7-9,18H,1-6,16H2. The van der Waals surface area contributed by atoms with E-state index >= 15 is 0 Å². The lowest BCUT2D eigenvalue weighted by Gasteiger charge is -2.34. The van der Waals surface area contributed by atoms with Gasteiger partial charge in [-0.3, -0.25) is 0 Å². The van der Waals surface area contributed by atoms with Crippen LogP contribution in [0.4, 0.5) is 11.4 Å². The second-order valence-corrected chi connectivity index (χ2v) is 5.42. The van der Waals surface area contributed by atoms with Crippen LogP contribution in [0, 0.1) is 0 Å². The summed E-state index contributed by atoms with van der Waals surface area (Å²) < 4.78 is 5.53. The second-order valence-electron chi connectivity index (χ2n) is 4.61. The number of nitrogens with zero attached hydrogens (tertiary/aromatic N) is 1. The average Bonchev–Trinajstić information content (AvgIpc) is 2.41. The fraction of sp³-hybridized carbons (Fsp3) is 0.538. The lowest BCUT2D eigenvalue weighted by molar-refractivity contribution is 0.0159. The Morgan fingerprint density at radius 1 is 1.26 bits per heavy atom. The Kier molecular flexibility index (Phi) is 5.16. The van der Waals surface area contributed by atoms with Crippen LogP contribution in [-0.4, -0.2) is 37.5 Å². The van der Waals surface area contributed by atoms with Crippen LogP contribution >= 0.6 is 23.2 Å². The van der Waals surface area contributed by atoms with Crippen molar-refractivity contribution in [1.82, 2.24) is 0 Å². The Bertz CT molecular complexity index is 435. The summed E-state index contributed by atoms with van der Waals surface area (Å²) in [5.41, 5.74) is 7.56. The number of nitrogen functional groups attached to an aromatic ring is 1. The molecule has 1 fully saturated rings. The van der Waals surface area contributed by atoms with Crippen molar-refractivity contribution >= 4 is 34.6 Å². The molecule has 1 saturated heterocycles. The zero-order valence-electron chi connectivity index (χ0n) is 10.6. The van der Waals surface area contributed by atoms with Gasteiger partial charge in [-0.2, -0.15) is 0 Å². The highest BCUT2D eigenvalue weighted by molar-refractivity contribution is 6.42. The number of hydrogen-bond donors (Lipinski definition) is 2. The van der Waals surface area contributed by atoms with Gasteiger partial charge >= 0.3 is 0 Å². The van der Waals surface area contributed by atoms with Crippen LogP contribution in [0.25, 0.3) is 0 Å². The molecule has 1 aliphatic heterocycles. The maximum Gasteiger partial charge on any atom is 0.0701 e. The minimum atomic E-state index is 0.0694. The molecule has 19 heavy (non-hydrogen) atoms. The van der Waals surface area contributed by atoms with Crippen molar-refractivity contribution in [2.75, 3.05) is 36.9 Å². The maximum absolute atomic E-state index is 8.74. The van der Waals surface area contributed by atoms with Gasteiger partial charge in [0.15, 0.2) is 0 Å². The van der Waals surface area contributed by atoms with Crippen molar-refractivity contribution in [3.63, 3.8) is 0 Å². The monoisotopic (exact) mass is 304 g/mol. The van der Waals surface area contributed by atoms with E-state index < -0.39 is 0 Å². The van der Waals surface area contributed by atoms with Crippen LogP contribution < -0.4 is 10.6 Å². The Hall–Kier alpha value is -0.680. The van der Waals surface area contributed by atoms with Crippen LogP contribution in [0.15, 0.2) is 12.1 Å². The first-order chi connectivity index (χ1) is 9.11. The molecular weight excluding hydrogens is 287 g/mol. The molecule has 0 aliphatic carbocycles. The summed E-state index contributed by atoms with van der Waals surface area (Å²) in [6.07, 6.45) is 2.05. The fourth-order valence-electron chi connectivity index (χ4n) is 2.31. The molecule has 0 amide bonds. The molecule has 106 valence electrons. The van der Waals surface area contributed by atoms with E-state index in [1.165, 1.54) is 0 Å². The van der Waals surface area contributed by atoms with Crippen LogP contribution in [-0.2, 0) is 4.74 Å². The summed E-state index contributed by atoms with van der Waals surface area (Å²) in [5.74, 6) is 0. The number of anilines is 2. The van der Waals surface area contributed by atoms with Crippen molar-refractivity contribution in [3.8, 4) is 0 Å². The highest BCUT2D eigenvalue weighted by Gasteiger charge is 2.21. The molecule has 1 heterocycles. The number of piperidine rings is 1. The predicted molar refractivity (Wildman–Crippen MR) is 79.1 cm³/mol. The Labute approximate surface area is 123 Å². The van der Waals surface area contributed by atoms with Crippen LogP contribution in [0.2, 0.25) is 10.0 Å². The molecule has 0 saturated carbocycles. The SMILES string of the molecule is Nc1cc(Cl)c(Cl)cc1N1CCC(OCCO)CC1. The number of halogens is 2. The molecule has 0 spiro atoms. The van der Waals surface area contributed by atoms with Gasteiger partial charge in [-0.15, -0.1) is 0 Å². The van der Waals surface area contributed by atoms with Gasteiger partial charge in [0, 0.05) is 13.1 Å². The Morgan fingerprint density at radius 3 is 2.53 bits per heavy atom. The number of nitrogens with two attached hydrogens (primary N) is 1.